The fraction of sp³-hybridized carbons (Fsp3) is 0.667. The summed E-state index contributed by atoms with van der Waals surface area (Å²) >= 11 is 6.52. The lowest BCUT2D eigenvalue weighted by Crippen LogP contribution is -2.48. The maximum Gasteiger partial charge on any atom is 0.191 e. The number of halogens is 2. The average Bonchev–Trinajstić information content (AvgIpc) is 3.21. The predicted molar refractivity (Wildman–Crippen MR) is 131 cm³/mol. The SMILES string of the molecule is CN=C(NCC(c1ccccc1Cl)N1CCOCC1)NCC1(CCO)CCOC1.I. The van der Waals surface area contributed by atoms with Gasteiger partial charge in [0.15, 0.2) is 5.96 Å². The predicted octanol–water partition coefficient (Wildman–Crippen LogP) is 2.29. The Balaban J connectivity index is 0.00000320. The van der Waals surface area contributed by atoms with Gasteiger partial charge in [-0.2, -0.15) is 0 Å². The van der Waals surface area contributed by atoms with E-state index in [0.29, 0.717) is 13.2 Å². The van der Waals surface area contributed by atoms with Crippen molar-refractivity contribution in [2.75, 3.05) is 66.3 Å². The van der Waals surface area contributed by atoms with E-state index >= 15 is 0 Å². The Hall–Kier alpha value is -0.650. The minimum atomic E-state index is -0.0290. The topological polar surface area (TPSA) is 78.4 Å². The van der Waals surface area contributed by atoms with Gasteiger partial charge in [0, 0.05) is 56.9 Å². The number of nitrogens with zero attached hydrogens (tertiary/aromatic N) is 2. The summed E-state index contributed by atoms with van der Waals surface area (Å²) in [4.78, 5) is 6.79. The first kappa shape index (κ1) is 25.6. The highest BCUT2D eigenvalue weighted by molar-refractivity contribution is 14.0. The normalized spacial score (nSPS) is 23.6. The summed E-state index contributed by atoms with van der Waals surface area (Å²) in [5.74, 6) is 0.750. The first-order chi connectivity index (χ1) is 14.2. The maximum absolute atomic E-state index is 9.43. The van der Waals surface area contributed by atoms with Crippen molar-refractivity contribution in [3.63, 3.8) is 0 Å². The molecule has 2 atom stereocenters. The van der Waals surface area contributed by atoms with Crippen molar-refractivity contribution < 1.29 is 14.6 Å². The second-order valence-electron chi connectivity index (χ2n) is 7.77. The van der Waals surface area contributed by atoms with Gasteiger partial charge < -0.3 is 25.2 Å². The molecule has 0 saturated carbocycles. The van der Waals surface area contributed by atoms with Gasteiger partial charge in [-0.3, -0.25) is 9.89 Å². The highest BCUT2D eigenvalue weighted by Crippen LogP contribution is 2.31. The number of aliphatic imine (C=N–C) groups is 1. The minimum absolute atomic E-state index is 0. The second kappa shape index (κ2) is 13.0. The van der Waals surface area contributed by atoms with Crippen LogP contribution in [-0.2, 0) is 9.47 Å². The molecule has 2 saturated heterocycles. The molecule has 30 heavy (non-hydrogen) atoms. The third-order valence-corrected chi connectivity index (χ3v) is 6.24. The lowest BCUT2D eigenvalue weighted by atomic mass is 9.84. The zero-order chi connectivity index (χ0) is 20.5. The first-order valence-corrected chi connectivity index (χ1v) is 10.7. The van der Waals surface area contributed by atoms with Crippen LogP contribution in [0.15, 0.2) is 29.3 Å². The Bertz CT molecular complexity index is 667. The molecular formula is C21H34ClIN4O3. The van der Waals surface area contributed by atoms with E-state index < -0.39 is 0 Å². The summed E-state index contributed by atoms with van der Waals surface area (Å²) in [5, 5.41) is 17.1. The number of ether oxygens (including phenoxy) is 2. The van der Waals surface area contributed by atoms with E-state index in [1.54, 1.807) is 7.05 Å². The van der Waals surface area contributed by atoms with E-state index in [9.17, 15) is 5.11 Å². The molecular weight excluding hydrogens is 519 g/mol. The lowest BCUT2D eigenvalue weighted by molar-refractivity contribution is 0.0170. The van der Waals surface area contributed by atoms with E-state index in [1.165, 1.54) is 0 Å². The molecule has 2 aliphatic heterocycles. The third kappa shape index (κ3) is 6.93. The number of hydrogen-bond acceptors (Lipinski definition) is 5. The fourth-order valence-electron chi connectivity index (χ4n) is 4.07. The average molecular weight is 553 g/mol. The molecule has 0 aliphatic carbocycles. The Kier molecular flexibility index (Phi) is 11.1. The van der Waals surface area contributed by atoms with Crippen molar-refractivity contribution in [2.45, 2.75) is 18.9 Å². The van der Waals surface area contributed by atoms with Crippen molar-refractivity contribution >= 4 is 41.5 Å². The second-order valence-corrected chi connectivity index (χ2v) is 8.18. The molecule has 2 unspecified atom stereocenters. The van der Waals surface area contributed by atoms with Crippen LogP contribution in [0.25, 0.3) is 0 Å². The number of hydrogen-bond donors (Lipinski definition) is 3. The summed E-state index contributed by atoms with van der Waals surface area (Å²) in [6.45, 7) is 6.22. The number of morpholine rings is 1. The molecule has 170 valence electrons. The lowest BCUT2D eigenvalue weighted by Gasteiger charge is -2.35. The van der Waals surface area contributed by atoms with Crippen molar-refractivity contribution in [3.8, 4) is 0 Å². The molecule has 3 N–H and O–H groups in total. The number of aliphatic hydroxyl groups excluding tert-OH is 1. The van der Waals surface area contributed by atoms with Crippen molar-refractivity contribution in [1.82, 2.24) is 15.5 Å². The van der Waals surface area contributed by atoms with Crippen LogP contribution in [-0.4, -0.2) is 82.2 Å². The Morgan fingerprint density at radius 2 is 2.00 bits per heavy atom. The summed E-state index contributed by atoms with van der Waals surface area (Å²) in [6.07, 6.45) is 1.68. The van der Waals surface area contributed by atoms with Gasteiger partial charge in [-0.25, -0.2) is 0 Å². The molecule has 0 bridgehead atoms. The molecule has 0 amide bonds. The van der Waals surface area contributed by atoms with Gasteiger partial charge in [-0.1, -0.05) is 29.8 Å². The maximum atomic E-state index is 9.43. The van der Waals surface area contributed by atoms with Crippen LogP contribution >= 0.6 is 35.6 Å². The zero-order valence-electron chi connectivity index (χ0n) is 17.6. The van der Waals surface area contributed by atoms with Crippen LogP contribution < -0.4 is 10.6 Å². The van der Waals surface area contributed by atoms with Crippen molar-refractivity contribution in [1.29, 1.82) is 0 Å². The van der Waals surface area contributed by atoms with Crippen LogP contribution in [0.3, 0.4) is 0 Å². The Morgan fingerprint density at radius 1 is 1.23 bits per heavy atom. The zero-order valence-corrected chi connectivity index (χ0v) is 20.7. The minimum Gasteiger partial charge on any atom is -0.396 e. The quantitative estimate of drug-likeness (QED) is 0.261. The molecule has 1 aromatic carbocycles. The number of rotatable bonds is 8. The molecule has 3 rings (SSSR count). The van der Waals surface area contributed by atoms with E-state index in [1.807, 2.05) is 18.2 Å². The van der Waals surface area contributed by atoms with Crippen LogP contribution in [0.2, 0.25) is 5.02 Å². The first-order valence-electron chi connectivity index (χ1n) is 10.4. The molecule has 0 spiro atoms. The van der Waals surface area contributed by atoms with Crippen LogP contribution in [0.4, 0.5) is 0 Å². The highest BCUT2D eigenvalue weighted by Gasteiger charge is 2.34. The smallest absolute Gasteiger partial charge is 0.191 e. The van der Waals surface area contributed by atoms with Gasteiger partial charge in [0.05, 0.1) is 25.9 Å². The van der Waals surface area contributed by atoms with E-state index in [2.05, 4.69) is 26.6 Å². The molecule has 7 nitrogen and oxygen atoms in total. The molecule has 0 aromatic heterocycles. The van der Waals surface area contributed by atoms with Gasteiger partial charge in [0.25, 0.3) is 0 Å². The molecule has 2 fully saturated rings. The van der Waals surface area contributed by atoms with Crippen molar-refractivity contribution in [2.24, 2.45) is 10.4 Å². The highest BCUT2D eigenvalue weighted by atomic mass is 127. The number of nitrogens with one attached hydrogen (secondary N) is 2. The van der Waals surface area contributed by atoms with Crippen LogP contribution in [0.5, 0.6) is 0 Å². The van der Waals surface area contributed by atoms with E-state index in [-0.39, 0.29) is 42.0 Å². The summed E-state index contributed by atoms with van der Waals surface area (Å²) in [6, 6.07) is 8.15. The Labute approximate surface area is 201 Å². The molecule has 9 heteroatoms. The van der Waals surface area contributed by atoms with Crippen LogP contribution in [0.1, 0.15) is 24.4 Å². The Morgan fingerprint density at radius 3 is 2.63 bits per heavy atom. The van der Waals surface area contributed by atoms with Gasteiger partial charge in [0.1, 0.15) is 0 Å². The van der Waals surface area contributed by atoms with Crippen molar-refractivity contribution in [3.05, 3.63) is 34.9 Å². The number of guanidine groups is 1. The number of aliphatic hydroxyl groups is 1. The summed E-state index contributed by atoms with van der Waals surface area (Å²) in [7, 11) is 1.78. The summed E-state index contributed by atoms with van der Waals surface area (Å²) < 4.78 is 11.1. The number of benzene rings is 1. The fourth-order valence-corrected chi connectivity index (χ4v) is 4.33. The van der Waals surface area contributed by atoms with Gasteiger partial charge in [-0.15, -0.1) is 24.0 Å². The van der Waals surface area contributed by atoms with Crippen LogP contribution in [0, 0.1) is 5.41 Å². The van der Waals surface area contributed by atoms with Gasteiger partial charge >= 0.3 is 0 Å². The molecule has 1 aromatic rings. The molecule has 2 aliphatic rings. The monoisotopic (exact) mass is 552 g/mol. The van der Waals surface area contributed by atoms with E-state index in [4.69, 9.17) is 21.1 Å². The third-order valence-electron chi connectivity index (χ3n) is 5.90. The van der Waals surface area contributed by atoms with Gasteiger partial charge in [-0.05, 0) is 24.5 Å². The largest absolute Gasteiger partial charge is 0.396 e. The van der Waals surface area contributed by atoms with E-state index in [0.717, 1.165) is 68.8 Å². The summed E-state index contributed by atoms with van der Waals surface area (Å²) in [5.41, 5.74) is 1.08. The molecule has 0 radical (unpaired) electrons. The standard InChI is InChI=1S/C21H33ClN4O3.HI/c1-23-20(25-15-21(6-10-27)7-11-29-16-21)24-14-19(26-8-12-28-13-9-26)17-4-2-3-5-18(17)22;/h2-5,19,27H,6-16H2,1H3,(H2,23,24,25);1H. The van der Waals surface area contributed by atoms with Gasteiger partial charge in [0.2, 0.25) is 0 Å². The molecule has 2 heterocycles.